The number of aromatic hydroxyl groups is 1. The van der Waals surface area contributed by atoms with Gasteiger partial charge in [0, 0.05) is 11.3 Å². The molecule has 0 bridgehead atoms. The molecule has 0 aromatic heterocycles. The third-order valence-corrected chi connectivity index (χ3v) is 2.26. The van der Waals surface area contributed by atoms with Crippen molar-refractivity contribution in [2.75, 3.05) is 5.32 Å². The lowest BCUT2D eigenvalue weighted by Crippen LogP contribution is -1.92. The van der Waals surface area contributed by atoms with E-state index < -0.39 is 0 Å². The second-order valence-corrected chi connectivity index (χ2v) is 3.28. The van der Waals surface area contributed by atoms with Crippen molar-refractivity contribution in [3.63, 3.8) is 0 Å². The number of hydrogen-bond acceptors (Lipinski definition) is 2. The fourth-order valence-electron chi connectivity index (χ4n) is 1.48. The monoisotopic (exact) mass is 212 g/mol. The van der Waals surface area contributed by atoms with Crippen molar-refractivity contribution in [2.45, 2.75) is 0 Å². The summed E-state index contributed by atoms with van der Waals surface area (Å²) in [4.78, 5) is 10.2. The first-order valence-corrected chi connectivity index (χ1v) is 4.81. The number of carbonyl (C=O) groups excluding carboxylic acids is 1. The Morgan fingerprint density at radius 3 is 2.56 bits per heavy atom. The van der Waals surface area contributed by atoms with Gasteiger partial charge in [-0.25, -0.2) is 0 Å². The van der Waals surface area contributed by atoms with Crippen LogP contribution in [0, 0.1) is 6.07 Å². The number of carbonyl (C=O) groups is 1. The molecule has 2 N–H and O–H groups in total. The molecule has 0 aliphatic rings. The topological polar surface area (TPSA) is 49.3 Å². The summed E-state index contributed by atoms with van der Waals surface area (Å²) >= 11 is 0. The second-order valence-electron chi connectivity index (χ2n) is 3.28. The third-order valence-electron chi connectivity index (χ3n) is 2.26. The molecule has 0 spiro atoms. The molecular formula is C13H10NO2. The van der Waals surface area contributed by atoms with E-state index in [0.29, 0.717) is 6.41 Å². The first-order valence-electron chi connectivity index (χ1n) is 4.81. The third kappa shape index (κ3) is 2.03. The van der Waals surface area contributed by atoms with Crippen LogP contribution in [0.15, 0.2) is 42.5 Å². The van der Waals surface area contributed by atoms with E-state index in [1.165, 1.54) is 6.07 Å². The molecule has 3 heteroatoms. The summed E-state index contributed by atoms with van der Waals surface area (Å²) < 4.78 is 0. The quantitative estimate of drug-likeness (QED) is 0.767. The van der Waals surface area contributed by atoms with Gasteiger partial charge in [0.2, 0.25) is 6.41 Å². The Morgan fingerprint density at radius 1 is 1.19 bits per heavy atom. The minimum atomic E-state index is 0.193. The highest BCUT2D eigenvalue weighted by atomic mass is 16.3. The predicted octanol–water partition coefficient (Wildman–Crippen LogP) is 2.43. The van der Waals surface area contributed by atoms with Crippen LogP contribution in [0.5, 0.6) is 5.75 Å². The lowest BCUT2D eigenvalue weighted by Gasteiger charge is -2.05. The number of phenols is 1. The zero-order valence-electron chi connectivity index (χ0n) is 8.47. The van der Waals surface area contributed by atoms with Crippen molar-refractivity contribution in [1.29, 1.82) is 0 Å². The van der Waals surface area contributed by atoms with E-state index in [9.17, 15) is 9.90 Å². The Balaban J connectivity index is 2.35. The van der Waals surface area contributed by atoms with E-state index in [0.717, 1.165) is 16.8 Å². The summed E-state index contributed by atoms with van der Waals surface area (Å²) in [6, 6.07) is 15.1. The van der Waals surface area contributed by atoms with E-state index in [1.807, 2.05) is 12.1 Å². The average molecular weight is 212 g/mol. The van der Waals surface area contributed by atoms with Gasteiger partial charge in [-0.05, 0) is 29.8 Å². The van der Waals surface area contributed by atoms with Crippen LogP contribution in [0.3, 0.4) is 0 Å². The van der Waals surface area contributed by atoms with Gasteiger partial charge in [0.1, 0.15) is 5.75 Å². The lowest BCUT2D eigenvalue weighted by atomic mass is 10.0. The van der Waals surface area contributed by atoms with E-state index in [-0.39, 0.29) is 5.75 Å². The largest absolute Gasteiger partial charge is 0.507 e. The SMILES string of the molecule is O=CNc1ccc(-c2cc[c]cc2O)cc1. The van der Waals surface area contributed by atoms with Crippen molar-refractivity contribution in [3.05, 3.63) is 48.5 Å². The summed E-state index contributed by atoms with van der Waals surface area (Å²) in [6.45, 7) is 0. The van der Waals surface area contributed by atoms with E-state index in [2.05, 4.69) is 11.4 Å². The number of hydrogen-bond donors (Lipinski definition) is 2. The van der Waals surface area contributed by atoms with E-state index >= 15 is 0 Å². The fourth-order valence-corrected chi connectivity index (χ4v) is 1.48. The molecule has 0 saturated carbocycles. The first kappa shape index (κ1) is 10.2. The minimum Gasteiger partial charge on any atom is -0.507 e. The molecule has 0 fully saturated rings. The maximum Gasteiger partial charge on any atom is 0.211 e. The van der Waals surface area contributed by atoms with Crippen LogP contribution in [-0.4, -0.2) is 11.5 Å². The van der Waals surface area contributed by atoms with Crippen LogP contribution in [0.2, 0.25) is 0 Å². The van der Waals surface area contributed by atoms with Crippen LogP contribution < -0.4 is 5.32 Å². The molecule has 2 aromatic carbocycles. The first-order chi connectivity index (χ1) is 7.81. The molecule has 2 aromatic rings. The Morgan fingerprint density at radius 2 is 1.94 bits per heavy atom. The minimum absolute atomic E-state index is 0.193. The maximum absolute atomic E-state index is 10.2. The van der Waals surface area contributed by atoms with Crippen molar-refractivity contribution in [1.82, 2.24) is 0 Å². The molecule has 1 amide bonds. The Labute approximate surface area is 93.4 Å². The molecule has 0 saturated heterocycles. The number of anilines is 1. The predicted molar refractivity (Wildman–Crippen MR) is 62.1 cm³/mol. The smallest absolute Gasteiger partial charge is 0.211 e. The highest BCUT2D eigenvalue weighted by Gasteiger charge is 2.02. The van der Waals surface area contributed by atoms with E-state index in [4.69, 9.17) is 0 Å². The molecular weight excluding hydrogens is 202 g/mol. The highest BCUT2D eigenvalue weighted by molar-refractivity contribution is 5.75. The fraction of sp³-hybridized carbons (Fsp3) is 0. The molecule has 0 aliphatic heterocycles. The molecule has 16 heavy (non-hydrogen) atoms. The molecule has 2 rings (SSSR count). The van der Waals surface area contributed by atoms with Gasteiger partial charge in [-0.3, -0.25) is 4.79 Å². The molecule has 0 atom stereocenters. The van der Waals surface area contributed by atoms with Crippen molar-refractivity contribution >= 4 is 12.1 Å². The van der Waals surface area contributed by atoms with Gasteiger partial charge in [0.05, 0.1) is 0 Å². The van der Waals surface area contributed by atoms with Gasteiger partial charge < -0.3 is 10.4 Å². The van der Waals surface area contributed by atoms with Gasteiger partial charge in [0.15, 0.2) is 0 Å². The van der Waals surface area contributed by atoms with Crippen molar-refractivity contribution in [3.8, 4) is 16.9 Å². The molecule has 0 aliphatic carbocycles. The summed E-state index contributed by atoms with van der Waals surface area (Å²) in [6.07, 6.45) is 0.629. The second kappa shape index (κ2) is 4.49. The van der Waals surface area contributed by atoms with Gasteiger partial charge in [-0.1, -0.05) is 24.3 Å². The van der Waals surface area contributed by atoms with Crippen LogP contribution >= 0.6 is 0 Å². The Bertz CT molecular complexity index is 492. The number of phenolic OH excluding ortho intramolecular Hbond substituents is 1. The lowest BCUT2D eigenvalue weighted by molar-refractivity contribution is -0.105. The number of benzene rings is 2. The standard InChI is InChI=1S/C13H10NO2/c15-9-14-11-7-5-10(6-8-11)12-3-1-2-4-13(12)16/h1,3-9,16H,(H,14,15). The van der Waals surface area contributed by atoms with Crippen LogP contribution in [0.1, 0.15) is 0 Å². The summed E-state index contributed by atoms with van der Waals surface area (Å²) in [5, 5.41) is 12.2. The highest BCUT2D eigenvalue weighted by Crippen LogP contribution is 2.28. The Hall–Kier alpha value is -2.29. The summed E-state index contributed by atoms with van der Waals surface area (Å²) in [5.74, 6) is 0.193. The van der Waals surface area contributed by atoms with Crippen LogP contribution in [0.4, 0.5) is 5.69 Å². The number of nitrogens with one attached hydrogen (secondary N) is 1. The van der Waals surface area contributed by atoms with Gasteiger partial charge in [-0.2, -0.15) is 0 Å². The van der Waals surface area contributed by atoms with Crippen LogP contribution in [0.25, 0.3) is 11.1 Å². The van der Waals surface area contributed by atoms with Crippen LogP contribution in [-0.2, 0) is 4.79 Å². The summed E-state index contributed by atoms with van der Waals surface area (Å²) in [5.41, 5.74) is 2.36. The zero-order chi connectivity index (χ0) is 11.4. The maximum atomic E-state index is 10.2. The average Bonchev–Trinajstić information content (AvgIpc) is 2.31. The number of amides is 1. The van der Waals surface area contributed by atoms with Crippen molar-refractivity contribution in [2.24, 2.45) is 0 Å². The normalized spacial score (nSPS) is 9.75. The van der Waals surface area contributed by atoms with Gasteiger partial charge in [0.25, 0.3) is 0 Å². The molecule has 0 unspecified atom stereocenters. The zero-order valence-corrected chi connectivity index (χ0v) is 8.47. The molecule has 3 nitrogen and oxygen atoms in total. The summed E-state index contributed by atoms with van der Waals surface area (Å²) in [7, 11) is 0. The molecule has 0 heterocycles. The molecule has 79 valence electrons. The Kier molecular flexibility index (Phi) is 2.87. The van der Waals surface area contributed by atoms with Gasteiger partial charge in [-0.15, -0.1) is 0 Å². The van der Waals surface area contributed by atoms with Gasteiger partial charge >= 0.3 is 0 Å². The number of rotatable bonds is 3. The van der Waals surface area contributed by atoms with E-state index in [1.54, 1.807) is 24.3 Å². The van der Waals surface area contributed by atoms with Crippen molar-refractivity contribution < 1.29 is 9.90 Å². The molecule has 1 radical (unpaired) electrons.